The molecule has 1 atom stereocenters. The zero-order chi connectivity index (χ0) is 28.6. The van der Waals surface area contributed by atoms with Gasteiger partial charge in [0.1, 0.15) is 18.4 Å². The Kier molecular flexibility index (Phi) is 9.86. The van der Waals surface area contributed by atoms with Gasteiger partial charge in [-0.25, -0.2) is 12.8 Å². The first-order chi connectivity index (χ1) is 18.4. The van der Waals surface area contributed by atoms with Gasteiger partial charge in [0, 0.05) is 12.1 Å². The van der Waals surface area contributed by atoms with Gasteiger partial charge in [0.2, 0.25) is 11.8 Å². The van der Waals surface area contributed by atoms with Crippen LogP contribution in [0.5, 0.6) is 0 Å². The molecule has 2 amide bonds. The van der Waals surface area contributed by atoms with E-state index in [0.717, 1.165) is 22.0 Å². The van der Waals surface area contributed by atoms with Crippen LogP contribution in [0.25, 0.3) is 0 Å². The van der Waals surface area contributed by atoms with Crippen molar-refractivity contribution in [2.75, 3.05) is 17.4 Å². The first kappa shape index (κ1) is 29.8. The van der Waals surface area contributed by atoms with Crippen LogP contribution in [0.1, 0.15) is 39.7 Å². The number of hydrogen-bond acceptors (Lipinski definition) is 4. The largest absolute Gasteiger partial charge is 0.350 e. The Balaban J connectivity index is 2.00. The number of halogens is 1. The second-order valence-electron chi connectivity index (χ2n) is 10.3. The minimum absolute atomic E-state index is 0.00419. The van der Waals surface area contributed by atoms with Crippen LogP contribution in [-0.4, -0.2) is 49.8 Å². The summed E-state index contributed by atoms with van der Waals surface area (Å²) in [5.41, 5.74) is 0.604. The molecular formula is C30H36FN3O4S. The minimum Gasteiger partial charge on any atom is -0.350 e. The molecule has 9 heteroatoms. The van der Waals surface area contributed by atoms with Gasteiger partial charge in [-0.05, 0) is 75.6 Å². The smallest absolute Gasteiger partial charge is 0.264 e. The fourth-order valence-corrected chi connectivity index (χ4v) is 5.64. The molecule has 3 rings (SSSR count). The van der Waals surface area contributed by atoms with Crippen molar-refractivity contribution >= 4 is 27.5 Å². The Bertz CT molecular complexity index is 1340. The molecule has 0 aliphatic rings. The topological polar surface area (TPSA) is 86.8 Å². The lowest BCUT2D eigenvalue weighted by atomic mass is 10.1. The summed E-state index contributed by atoms with van der Waals surface area (Å²) >= 11 is 0. The average Bonchev–Trinajstić information content (AvgIpc) is 2.90. The number of rotatable bonds is 11. The number of carbonyl (C=O) groups is 2. The lowest BCUT2D eigenvalue weighted by molar-refractivity contribution is -0.140. The number of nitrogens with one attached hydrogen (secondary N) is 1. The molecule has 208 valence electrons. The molecular weight excluding hydrogens is 517 g/mol. The molecule has 3 aromatic rings. The second-order valence-corrected chi connectivity index (χ2v) is 12.1. The summed E-state index contributed by atoms with van der Waals surface area (Å²) in [4.78, 5) is 28.7. The summed E-state index contributed by atoms with van der Waals surface area (Å²) < 4.78 is 42.1. The Morgan fingerprint density at radius 1 is 0.897 bits per heavy atom. The van der Waals surface area contributed by atoms with Gasteiger partial charge in [0.15, 0.2) is 0 Å². The molecule has 0 radical (unpaired) electrons. The van der Waals surface area contributed by atoms with Crippen molar-refractivity contribution in [2.45, 2.75) is 57.0 Å². The highest BCUT2D eigenvalue weighted by molar-refractivity contribution is 7.92. The van der Waals surface area contributed by atoms with Crippen molar-refractivity contribution in [3.05, 3.63) is 96.3 Å². The third-order valence-corrected chi connectivity index (χ3v) is 7.88. The van der Waals surface area contributed by atoms with Crippen LogP contribution in [0, 0.1) is 5.82 Å². The molecule has 0 unspecified atom stereocenters. The third-order valence-electron chi connectivity index (χ3n) is 6.09. The summed E-state index contributed by atoms with van der Waals surface area (Å²) in [6, 6.07) is 21.4. The molecule has 3 aromatic carbocycles. The van der Waals surface area contributed by atoms with Crippen LogP contribution in [0.2, 0.25) is 0 Å². The van der Waals surface area contributed by atoms with Crippen LogP contribution >= 0.6 is 0 Å². The molecule has 1 N–H and O–H groups in total. The van der Waals surface area contributed by atoms with Crippen molar-refractivity contribution < 1.29 is 22.4 Å². The van der Waals surface area contributed by atoms with E-state index >= 15 is 0 Å². The van der Waals surface area contributed by atoms with Crippen molar-refractivity contribution in [3.8, 4) is 0 Å². The number of nitrogens with zero attached hydrogens (tertiary/aromatic N) is 2. The quantitative estimate of drug-likeness (QED) is 0.370. The summed E-state index contributed by atoms with van der Waals surface area (Å²) in [7, 11) is -4.18. The van der Waals surface area contributed by atoms with E-state index in [1.54, 1.807) is 18.2 Å². The monoisotopic (exact) mass is 553 g/mol. The SMILES string of the molecule is CC[C@H](C(=O)NC(C)(C)C)N(CCc1ccccc1)C(=O)CN(c1ccc(F)cc1)S(=O)(=O)c1ccccc1. The molecule has 7 nitrogen and oxygen atoms in total. The first-order valence-electron chi connectivity index (χ1n) is 12.9. The van der Waals surface area contributed by atoms with E-state index in [1.807, 2.05) is 58.0 Å². The minimum atomic E-state index is -4.18. The zero-order valence-electron chi connectivity index (χ0n) is 22.8. The zero-order valence-corrected chi connectivity index (χ0v) is 23.6. The van der Waals surface area contributed by atoms with E-state index in [0.29, 0.717) is 12.8 Å². The molecule has 0 bridgehead atoms. The van der Waals surface area contributed by atoms with Gasteiger partial charge in [-0.15, -0.1) is 0 Å². The van der Waals surface area contributed by atoms with Crippen LogP contribution in [-0.2, 0) is 26.0 Å². The Morgan fingerprint density at radius 3 is 2.00 bits per heavy atom. The summed E-state index contributed by atoms with van der Waals surface area (Å²) in [6.45, 7) is 7.04. The Morgan fingerprint density at radius 2 is 1.46 bits per heavy atom. The van der Waals surface area contributed by atoms with Crippen molar-refractivity contribution in [1.29, 1.82) is 0 Å². The summed E-state index contributed by atoms with van der Waals surface area (Å²) in [5.74, 6) is -1.38. The summed E-state index contributed by atoms with van der Waals surface area (Å²) in [6.07, 6.45) is 0.818. The van der Waals surface area contributed by atoms with Gasteiger partial charge in [0.25, 0.3) is 10.0 Å². The van der Waals surface area contributed by atoms with Gasteiger partial charge in [-0.1, -0.05) is 55.5 Å². The third kappa shape index (κ3) is 8.13. The van der Waals surface area contributed by atoms with Crippen LogP contribution in [0.4, 0.5) is 10.1 Å². The molecule has 0 aliphatic heterocycles. The Hall–Kier alpha value is -3.72. The predicted octanol–water partition coefficient (Wildman–Crippen LogP) is 4.79. The molecule has 0 saturated heterocycles. The maximum absolute atomic E-state index is 13.9. The standard InChI is InChI=1S/C30H36FN3O4S/c1-5-27(29(36)32-30(2,3)4)33(21-20-23-12-8-6-9-13-23)28(35)22-34(25-18-16-24(31)17-19-25)39(37,38)26-14-10-7-11-15-26/h6-19,27H,5,20-22H2,1-4H3,(H,32,36)/t27-/m1/s1. The van der Waals surface area contributed by atoms with E-state index in [4.69, 9.17) is 0 Å². The summed E-state index contributed by atoms with van der Waals surface area (Å²) in [5, 5.41) is 2.94. The van der Waals surface area contributed by atoms with Crippen molar-refractivity contribution in [1.82, 2.24) is 10.2 Å². The highest BCUT2D eigenvalue weighted by atomic mass is 32.2. The highest BCUT2D eigenvalue weighted by Gasteiger charge is 2.34. The van der Waals surface area contributed by atoms with Crippen LogP contribution in [0.15, 0.2) is 89.8 Å². The normalized spacial score (nSPS) is 12.4. The Labute approximate surface area is 230 Å². The van der Waals surface area contributed by atoms with E-state index in [-0.39, 0.29) is 23.0 Å². The number of anilines is 1. The number of benzene rings is 3. The number of amides is 2. The van der Waals surface area contributed by atoms with Gasteiger partial charge in [0.05, 0.1) is 10.6 Å². The van der Waals surface area contributed by atoms with Crippen molar-refractivity contribution in [2.24, 2.45) is 0 Å². The van der Waals surface area contributed by atoms with Gasteiger partial charge in [-0.2, -0.15) is 0 Å². The predicted molar refractivity (Wildman–Crippen MR) is 151 cm³/mol. The maximum atomic E-state index is 13.9. The molecule has 0 saturated carbocycles. The number of sulfonamides is 1. The molecule has 0 aromatic heterocycles. The fourth-order valence-electron chi connectivity index (χ4n) is 4.20. The molecule has 0 aliphatic carbocycles. The van der Waals surface area contributed by atoms with Gasteiger partial charge >= 0.3 is 0 Å². The molecule has 0 spiro atoms. The fraction of sp³-hybridized carbons (Fsp3) is 0.333. The maximum Gasteiger partial charge on any atom is 0.264 e. The lowest BCUT2D eigenvalue weighted by Gasteiger charge is -2.34. The van der Waals surface area contributed by atoms with E-state index in [1.165, 1.54) is 29.2 Å². The second kappa shape index (κ2) is 12.9. The van der Waals surface area contributed by atoms with E-state index in [9.17, 15) is 22.4 Å². The lowest BCUT2D eigenvalue weighted by Crippen LogP contribution is -2.56. The van der Waals surface area contributed by atoms with Gasteiger partial charge in [-0.3, -0.25) is 13.9 Å². The molecule has 0 heterocycles. The number of carbonyl (C=O) groups excluding carboxylic acids is 2. The first-order valence-corrected chi connectivity index (χ1v) is 14.3. The van der Waals surface area contributed by atoms with Crippen LogP contribution < -0.4 is 9.62 Å². The number of hydrogen-bond donors (Lipinski definition) is 1. The van der Waals surface area contributed by atoms with Crippen LogP contribution in [0.3, 0.4) is 0 Å². The average molecular weight is 554 g/mol. The highest BCUT2D eigenvalue weighted by Crippen LogP contribution is 2.25. The van der Waals surface area contributed by atoms with Crippen molar-refractivity contribution in [3.63, 3.8) is 0 Å². The van der Waals surface area contributed by atoms with Gasteiger partial charge < -0.3 is 10.2 Å². The van der Waals surface area contributed by atoms with E-state index in [2.05, 4.69) is 5.32 Å². The molecule has 0 fully saturated rings. The van der Waals surface area contributed by atoms with E-state index < -0.39 is 39.9 Å². The molecule has 39 heavy (non-hydrogen) atoms.